The van der Waals surface area contributed by atoms with Crippen LogP contribution in [-0.4, -0.2) is 16.7 Å². The number of carbonyl (C=O) groups excluding carboxylic acids is 2. The molecule has 3 aliphatic rings. The van der Waals surface area contributed by atoms with Crippen molar-refractivity contribution in [2.24, 2.45) is 28.4 Å². The highest BCUT2D eigenvalue weighted by Gasteiger charge is 2.53. The molecule has 4 unspecified atom stereocenters. The van der Waals surface area contributed by atoms with Crippen LogP contribution in [0, 0.1) is 22.7 Å². The summed E-state index contributed by atoms with van der Waals surface area (Å²) >= 11 is 0. The van der Waals surface area contributed by atoms with Gasteiger partial charge in [-0.2, -0.15) is 0 Å². The number of allylic oxidation sites excluding steroid dienone is 2. The minimum absolute atomic E-state index is 0.0498. The van der Waals surface area contributed by atoms with E-state index >= 15 is 0 Å². The second-order valence-electron chi connectivity index (χ2n) is 8.69. The van der Waals surface area contributed by atoms with Gasteiger partial charge in [-0.3, -0.25) is 9.59 Å². The van der Waals surface area contributed by atoms with E-state index in [1.807, 2.05) is 0 Å². The zero-order chi connectivity index (χ0) is 17.7. The summed E-state index contributed by atoms with van der Waals surface area (Å²) in [6, 6.07) is 0. The predicted octanol–water partition coefficient (Wildman–Crippen LogP) is 3.82. The quantitative estimate of drug-likeness (QED) is 0.754. The Morgan fingerprint density at radius 1 is 1.21 bits per heavy atom. The molecule has 3 rings (SSSR count). The van der Waals surface area contributed by atoms with Crippen LogP contribution in [0.15, 0.2) is 23.1 Å². The molecule has 0 saturated heterocycles. The second-order valence-corrected chi connectivity index (χ2v) is 8.69. The molecule has 4 nitrogen and oxygen atoms in total. The molecule has 0 aliphatic heterocycles. The van der Waals surface area contributed by atoms with Gasteiger partial charge in [0.1, 0.15) is 0 Å². The number of hydrogen-bond acceptors (Lipinski definition) is 4. The molecule has 0 radical (unpaired) electrons. The molecule has 2 fully saturated rings. The number of ketones is 2. The fourth-order valence-electron chi connectivity index (χ4n) is 5.59. The highest BCUT2D eigenvalue weighted by molar-refractivity contribution is 6.21. The Bertz CT molecular complexity index is 647. The molecule has 4 heteroatoms. The maximum atomic E-state index is 12.5. The van der Waals surface area contributed by atoms with Gasteiger partial charge in [0, 0.05) is 11.6 Å². The maximum Gasteiger partial charge on any atom is 0.222 e. The number of rotatable bonds is 2. The first-order chi connectivity index (χ1) is 11.2. The van der Waals surface area contributed by atoms with Gasteiger partial charge in [-0.15, -0.1) is 0 Å². The second kappa shape index (κ2) is 5.75. The number of aliphatic hydroxyl groups excluding tert-OH is 1. The van der Waals surface area contributed by atoms with Crippen molar-refractivity contribution < 1.29 is 14.7 Å². The third-order valence-corrected chi connectivity index (χ3v) is 7.30. The molecule has 0 bridgehead atoms. The zero-order valence-electron chi connectivity index (χ0n) is 15.0. The van der Waals surface area contributed by atoms with Gasteiger partial charge in [-0.05, 0) is 54.8 Å². The normalized spacial score (nSPS) is 40.4. The van der Waals surface area contributed by atoms with Crippen LogP contribution >= 0.6 is 0 Å². The van der Waals surface area contributed by atoms with E-state index < -0.39 is 11.5 Å². The van der Waals surface area contributed by atoms with E-state index in [1.54, 1.807) is 0 Å². The van der Waals surface area contributed by atoms with Gasteiger partial charge >= 0.3 is 0 Å². The summed E-state index contributed by atoms with van der Waals surface area (Å²) in [5, 5.41) is 10.2. The summed E-state index contributed by atoms with van der Waals surface area (Å²) in [6.07, 6.45) is 8.75. The first-order valence-corrected chi connectivity index (χ1v) is 9.17. The van der Waals surface area contributed by atoms with E-state index in [9.17, 15) is 14.7 Å². The molecule has 3 aliphatic carbocycles. The van der Waals surface area contributed by atoms with E-state index in [2.05, 4.69) is 20.8 Å². The van der Waals surface area contributed by atoms with Crippen molar-refractivity contribution >= 4 is 11.6 Å². The van der Waals surface area contributed by atoms with Crippen molar-refractivity contribution in [3.63, 3.8) is 0 Å². The average molecular weight is 331 g/mol. The van der Waals surface area contributed by atoms with E-state index in [-0.39, 0.29) is 22.5 Å². The molecule has 4 atom stereocenters. The Kier molecular flexibility index (Phi) is 4.13. The predicted molar refractivity (Wildman–Crippen MR) is 93.1 cm³/mol. The number of hydrogen-bond donors (Lipinski definition) is 2. The Morgan fingerprint density at radius 3 is 2.62 bits per heavy atom. The zero-order valence-corrected chi connectivity index (χ0v) is 15.0. The highest BCUT2D eigenvalue weighted by Crippen LogP contribution is 2.61. The van der Waals surface area contributed by atoms with Crippen LogP contribution in [0.3, 0.4) is 0 Å². The van der Waals surface area contributed by atoms with Crippen LogP contribution in [0.4, 0.5) is 0 Å². The molecule has 0 aromatic rings. The molecule has 0 aromatic heterocycles. The standard InChI is InChI=1S/C20H29NO3/c1-12-7-9-19(2)8-5-4-6-16(19)20(12,3)11-13-17(23)14(21)10-15(22)18(13)24/h10,12,16,24H,4-9,11,21H2,1-3H3. The van der Waals surface area contributed by atoms with E-state index in [0.717, 1.165) is 12.5 Å². The molecule has 0 aromatic carbocycles. The molecule has 0 heterocycles. The van der Waals surface area contributed by atoms with Crippen LogP contribution in [0.25, 0.3) is 0 Å². The first-order valence-electron chi connectivity index (χ1n) is 9.17. The first kappa shape index (κ1) is 17.2. The molecule has 2 saturated carbocycles. The highest BCUT2D eigenvalue weighted by atomic mass is 16.3. The monoisotopic (exact) mass is 331 g/mol. The lowest BCUT2D eigenvalue weighted by Crippen LogP contribution is -2.50. The Labute approximate surface area is 144 Å². The van der Waals surface area contributed by atoms with Crippen LogP contribution in [0.1, 0.15) is 65.7 Å². The molecular formula is C20H29NO3. The molecular weight excluding hydrogens is 302 g/mol. The summed E-state index contributed by atoms with van der Waals surface area (Å²) in [5.74, 6) is -0.350. The van der Waals surface area contributed by atoms with Crippen LogP contribution < -0.4 is 5.73 Å². The average Bonchev–Trinajstić information content (AvgIpc) is 2.54. The van der Waals surface area contributed by atoms with Gasteiger partial charge in [0.15, 0.2) is 5.76 Å². The van der Waals surface area contributed by atoms with Crippen LogP contribution in [0.5, 0.6) is 0 Å². The van der Waals surface area contributed by atoms with Crippen molar-refractivity contribution in [1.29, 1.82) is 0 Å². The third-order valence-electron chi connectivity index (χ3n) is 7.30. The van der Waals surface area contributed by atoms with Crippen LogP contribution in [0.2, 0.25) is 0 Å². The van der Waals surface area contributed by atoms with Gasteiger partial charge < -0.3 is 10.8 Å². The summed E-state index contributed by atoms with van der Waals surface area (Å²) < 4.78 is 0. The van der Waals surface area contributed by atoms with Crippen molar-refractivity contribution in [2.45, 2.75) is 65.7 Å². The fraction of sp³-hybridized carbons (Fsp3) is 0.700. The summed E-state index contributed by atoms with van der Waals surface area (Å²) in [4.78, 5) is 24.4. The SMILES string of the molecule is CC1CCC2(C)CCCCC2C1(C)CC1=C(O)C(=O)C=C(N)C1=O. The van der Waals surface area contributed by atoms with Crippen LogP contribution in [-0.2, 0) is 9.59 Å². The van der Waals surface area contributed by atoms with Crippen molar-refractivity contribution in [3.8, 4) is 0 Å². The third kappa shape index (κ3) is 2.51. The van der Waals surface area contributed by atoms with Gasteiger partial charge in [-0.25, -0.2) is 0 Å². The van der Waals surface area contributed by atoms with Crippen molar-refractivity contribution in [3.05, 3.63) is 23.1 Å². The molecule has 132 valence electrons. The summed E-state index contributed by atoms with van der Waals surface area (Å²) in [6.45, 7) is 6.88. The lowest BCUT2D eigenvalue weighted by molar-refractivity contribution is -0.119. The molecule has 0 spiro atoms. The van der Waals surface area contributed by atoms with Gasteiger partial charge in [0.05, 0.1) is 5.70 Å². The molecule has 3 N–H and O–H groups in total. The van der Waals surface area contributed by atoms with Crippen molar-refractivity contribution in [1.82, 2.24) is 0 Å². The van der Waals surface area contributed by atoms with Crippen molar-refractivity contribution in [2.75, 3.05) is 0 Å². The minimum Gasteiger partial charge on any atom is -0.504 e. The number of carbonyl (C=O) groups is 2. The van der Waals surface area contributed by atoms with Gasteiger partial charge in [0.2, 0.25) is 11.6 Å². The lowest BCUT2D eigenvalue weighted by atomic mass is 9.47. The fourth-order valence-corrected chi connectivity index (χ4v) is 5.59. The number of nitrogens with two attached hydrogens (primary N) is 1. The maximum absolute atomic E-state index is 12.5. The minimum atomic E-state index is -0.541. The largest absolute Gasteiger partial charge is 0.504 e. The lowest BCUT2D eigenvalue weighted by Gasteiger charge is -2.58. The summed E-state index contributed by atoms with van der Waals surface area (Å²) in [5.41, 5.74) is 6.10. The molecule has 24 heavy (non-hydrogen) atoms. The number of fused-ring (bicyclic) bond motifs is 1. The van der Waals surface area contributed by atoms with E-state index in [0.29, 0.717) is 23.7 Å². The number of Topliss-reactive ketones (excluding diaryl/α,β-unsaturated/α-hetero) is 1. The Morgan fingerprint density at radius 2 is 1.92 bits per heavy atom. The smallest absolute Gasteiger partial charge is 0.222 e. The Balaban J connectivity index is 1.98. The topological polar surface area (TPSA) is 80.4 Å². The summed E-state index contributed by atoms with van der Waals surface area (Å²) in [7, 11) is 0. The number of aliphatic hydroxyl groups is 1. The van der Waals surface area contributed by atoms with Gasteiger partial charge in [0.25, 0.3) is 0 Å². The van der Waals surface area contributed by atoms with E-state index in [1.165, 1.54) is 32.1 Å². The van der Waals surface area contributed by atoms with E-state index in [4.69, 9.17) is 5.73 Å². The Hall–Kier alpha value is -1.58. The molecule has 0 amide bonds. The van der Waals surface area contributed by atoms with Gasteiger partial charge in [-0.1, -0.05) is 33.6 Å².